The Kier molecular flexibility index (Phi) is 6.21. The van der Waals surface area contributed by atoms with Crippen LogP contribution in [0.1, 0.15) is 13.8 Å². The highest BCUT2D eigenvalue weighted by atomic mass is 16.1. The molecule has 5 heteroatoms. The van der Waals surface area contributed by atoms with Crippen molar-refractivity contribution in [2.45, 2.75) is 13.8 Å². The molecule has 1 heterocycles. The number of H-pyrrole nitrogens is 1. The van der Waals surface area contributed by atoms with E-state index in [2.05, 4.69) is 29.0 Å². The van der Waals surface area contributed by atoms with Gasteiger partial charge in [-0.05, 0) is 25.2 Å². The molecular weight excluding hydrogens is 254 g/mol. The van der Waals surface area contributed by atoms with E-state index in [1.807, 2.05) is 24.3 Å². The minimum atomic E-state index is 0. The van der Waals surface area contributed by atoms with Crippen molar-refractivity contribution in [3.63, 3.8) is 0 Å². The van der Waals surface area contributed by atoms with E-state index < -0.39 is 0 Å². The van der Waals surface area contributed by atoms with Crippen LogP contribution in [0.25, 0.3) is 10.9 Å². The molecule has 5 nitrogen and oxygen atoms in total. The molecule has 0 aliphatic carbocycles. The fraction of sp³-hybridized carbons (Fsp3) is 0.400. The number of benzene rings is 1. The molecule has 0 aliphatic heterocycles. The van der Waals surface area contributed by atoms with Crippen molar-refractivity contribution in [1.82, 2.24) is 9.88 Å². The summed E-state index contributed by atoms with van der Waals surface area (Å²) in [5.74, 6) is 0.788. The average molecular weight is 277 g/mol. The standard InChI is InChI=1S/C15H21N3O.H2O/c1-3-18(4-2)10-9-16-15-11-14(19)12-7-5-6-8-13(12)17-15;/h5-8,11H,3-4,9-10H2,1-2H3,(H2,16,17,19);1H2. The first-order chi connectivity index (χ1) is 9.24. The maximum Gasteiger partial charge on any atom is 0.191 e. The van der Waals surface area contributed by atoms with Gasteiger partial charge in [0.25, 0.3) is 0 Å². The van der Waals surface area contributed by atoms with Crippen LogP contribution in [0.15, 0.2) is 35.1 Å². The lowest BCUT2D eigenvalue weighted by atomic mass is 10.2. The van der Waals surface area contributed by atoms with Gasteiger partial charge >= 0.3 is 0 Å². The molecule has 0 aliphatic rings. The minimum absolute atomic E-state index is 0. The third-order valence-electron chi connectivity index (χ3n) is 3.38. The van der Waals surface area contributed by atoms with Crippen molar-refractivity contribution < 1.29 is 5.48 Å². The Hall–Kier alpha value is -1.85. The van der Waals surface area contributed by atoms with Gasteiger partial charge < -0.3 is 20.7 Å². The zero-order chi connectivity index (χ0) is 13.7. The number of nitrogens with one attached hydrogen (secondary N) is 2. The SMILES string of the molecule is CCN(CC)CCNc1cc(=O)c2ccccc2[nH]1.O. The summed E-state index contributed by atoms with van der Waals surface area (Å²) in [5, 5.41) is 4.01. The Labute approximate surface area is 118 Å². The molecule has 2 aromatic rings. The molecular formula is C15H23N3O2. The number of fused-ring (bicyclic) bond motifs is 1. The molecule has 0 spiro atoms. The van der Waals surface area contributed by atoms with E-state index in [0.717, 1.165) is 42.9 Å². The van der Waals surface area contributed by atoms with Crippen molar-refractivity contribution in [3.8, 4) is 0 Å². The number of hydrogen-bond acceptors (Lipinski definition) is 3. The predicted octanol–water partition coefficient (Wildman–Crippen LogP) is 1.46. The lowest BCUT2D eigenvalue weighted by Gasteiger charge is -2.18. The summed E-state index contributed by atoms with van der Waals surface area (Å²) in [6.45, 7) is 8.21. The van der Waals surface area contributed by atoms with Gasteiger partial charge in [-0.3, -0.25) is 4.79 Å². The van der Waals surface area contributed by atoms with E-state index in [1.54, 1.807) is 6.07 Å². The number of aromatic amines is 1. The van der Waals surface area contributed by atoms with Crippen molar-refractivity contribution in [1.29, 1.82) is 0 Å². The highest BCUT2D eigenvalue weighted by Crippen LogP contribution is 2.09. The minimum Gasteiger partial charge on any atom is -0.412 e. The molecule has 2 rings (SSSR count). The molecule has 0 radical (unpaired) electrons. The van der Waals surface area contributed by atoms with Gasteiger partial charge in [0, 0.05) is 24.5 Å². The Morgan fingerprint density at radius 1 is 1.20 bits per heavy atom. The van der Waals surface area contributed by atoms with Crippen LogP contribution in [0.3, 0.4) is 0 Å². The predicted molar refractivity (Wildman–Crippen MR) is 84.5 cm³/mol. The summed E-state index contributed by atoms with van der Waals surface area (Å²) in [5.41, 5.74) is 0.931. The molecule has 0 bridgehead atoms. The Balaban J connectivity index is 0.00000200. The van der Waals surface area contributed by atoms with E-state index in [4.69, 9.17) is 0 Å². The summed E-state index contributed by atoms with van der Waals surface area (Å²) < 4.78 is 0. The molecule has 1 aromatic heterocycles. The first kappa shape index (κ1) is 16.2. The van der Waals surface area contributed by atoms with E-state index in [1.165, 1.54) is 0 Å². The van der Waals surface area contributed by atoms with Crippen LogP contribution in [0.2, 0.25) is 0 Å². The van der Waals surface area contributed by atoms with Crippen LogP contribution in [0.5, 0.6) is 0 Å². The van der Waals surface area contributed by atoms with E-state index >= 15 is 0 Å². The zero-order valence-corrected chi connectivity index (χ0v) is 12.1. The molecule has 0 unspecified atom stereocenters. The smallest absolute Gasteiger partial charge is 0.191 e. The van der Waals surface area contributed by atoms with Crippen molar-refractivity contribution in [2.24, 2.45) is 0 Å². The summed E-state index contributed by atoms with van der Waals surface area (Å²) in [6, 6.07) is 9.20. The van der Waals surface area contributed by atoms with Gasteiger partial charge in [0.05, 0.1) is 5.52 Å². The largest absolute Gasteiger partial charge is 0.412 e. The average Bonchev–Trinajstić information content (AvgIpc) is 2.44. The maximum atomic E-state index is 11.9. The molecule has 110 valence electrons. The summed E-state index contributed by atoms with van der Waals surface area (Å²) in [6.07, 6.45) is 0. The van der Waals surface area contributed by atoms with Crippen LogP contribution < -0.4 is 10.7 Å². The number of aromatic nitrogens is 1. The molecule has 0 saturated heterocycles. The first-order valence-electron chi connectivity index (χ1n) is 6.83. The quantitative estimate of drug-likeness (QED) is 0.839. The number of anilines is 1. The topological polar surface area (TPSA) is 79.6 Å². The molecule has 0 saturated carbocycles. The fourth-order valence-electron chi connectivity index (χ4n) is 2.18. The van der Waals surface area contributed by atoms with Crippen molar-refractivity contribution in [3.05, 3.63) is 40.6 Å². The van der Waals surface area contributed by atoms with Crippen molar-refractivity contribution in [2.75, 3.05) is 31.5 Å². The number of rotatable bonds is 6. The van der Waals surface area contributed by atoms with E-state index in [0.29, 0.717) is 0 Å². The third-order valence-corrected chi connectivity index (χ3v) is 3.38. The van der Waals surface area contributed by atoms with Crippen LogP contribution in [0, 0.1) is 0 Å². The highest BCUT2D eigenvalue weighted by molar-refractivity contribution is 5.79. The number of pyridine rings is 1. The first-order valence-corrected chi connectivity index (χ1v) is 6.83. The van der Waals surface area contributed by atoms with Crippen molar-refractivity contribution >= 4 is 16.7 Å². The van der Waals surface area contributed by atoms with Gasteiger partial charge in [-0.25, -0.2) is 0 Å². The number of hydrogen-bond donors (Lipinski definition) is 2. The second kappa shape index (κ2) is 7.67. The Morgan fingerprint density at radius 2 is 1.90 bits per heavy atom. The van der Waals surface area contributed by atoms with Gasteiger partial charge in [0.1, 0.15) is 5.82 Å². The van der Waals surface area contributed by atoms with E-state index in [-0.39, 0.29) is 10.9 Å². The zero-order valence-electron chi connectivity index (χ0n) is 12.1. The molecule has 0 amide bonds. The second-order valence-electron chi connectivity index (χ2n) is 4.55. The Bertz CT molecular complexity index is 591. The Morgan fingerprint density at radius 3 is 2.60 bits per heavy atom. The van der Waals surface area contributed by atoms with Gasteiger partial charge in [0.2, 0.25) is 0 Å². The van der Waals surface area contributed by atoms with Crippen LogP contribution in [-0.2, 0) is 0 Å². The third kappa shape index (κ3) is 3.82. The lowest BCUT2D eigenvalue weighted by Crippen LogP contribution is -2.28. The number of likely N-dealkylation sites (N-methyl/N-ethyl adjacent to an activating group) is 1. The lowest BCUT2D eigenvalue weighted by molar-refractivity contribution is 0.316. The van der Waals surface area contributed by atoms with Gasteiger partial charge in [-0.2, -0.15) is 0 Å². The fourth-order valence-corrected chi connectivity index (χ4v) is 2.18. The van der Waals surface area contributed by atoms with E-state index in [9.17, 15) is 4.79 Å². The summed E-state index contributed by atoms with van der Waals surface area (Å²) in [7, 11) is 0. The monoisotopic (exact) mass is 277 g/mol. The molecule has 1 aromatic carbocycles. The van der Waals surface area contributed by atoms with Crippen LogP contribution >= 0.6 is 0 Å². The molecule has 0 atom stereocenters. The van der Waals surface area contributed by atoms with Gasteiger partial charge in [-0.1, -0.05) is 26.0 Å². The van der Waals surface area contributed by atoms with Gasteiger partial charge in [-0.15, -0.1) is 0 Å². The molecule has 20 heavy (non-hydrogen) atoms. The molecule has 4 N–H and O–H groups in total. The normalized spacial score (nSPS) is 10.6. The molecule has 0 fully saturated rings. The van der Waals surface area contributed by atoms with Crippen LogP contribution in [-0.4, -0.2) is 41.5 Å². The number of nitrogens with zero attached hydrogens (tertiary/aromatic N) is 1. The maximum absolute atomic E-state index is 11.9. The highest BCUT2D eigenvalue weighted by Gasteiger charge is 2.02. The summed E-state index contributed by atoms with van der Waals surface area (Å²) in [4.78, 5) is 17.5. The van der Waals surface area contributed by atoms with Gasteiger partial charge in [0.15, 0.2) is 5.43 Å². The number of para-hydroxylation sites is 1. The summed E-state index contributed by atoms with van der Waals surface area (Å²) >= 11 is 0. The second-order valence-corrected chi connectivity index (χ2v) is 4.55. The van der Waals surface area contributed by atoms with Crippen LogP contribution in [0.4, 0.5) is 5.82 Å².